The second-order valence-electron chi connectivity index (χ2n) is 6.32. The van der Waals surface area contributed by atoms with Gasteiger partial charge in [-0.25, -0.2) is 9.37 Å². The van der Waals surface area contributed by atoms with Gasteiger partial charge in [-0.2, -0.15) is 0 Å². The standard InChI is InChI=1S/C19H18FN3O4/c1-10(3-8-16(24)25)21-18(26)14-9-15(12-4-6-13(20)7-5-12)22-19-17(14)11(2)23-27-19/h4-7,9-10H,3,8H2,1-2H3,(H,21,26)(H,24,25). The summed E-state index contributed by atoms with van der Waals surface area (Å²) in [4.78, 5) is 27.9. The van der Waals surface area contributed by atoms with Gasteiger partial charge < -0.3 is 14.9 Å². The summed E-state index contributed by atoms with van der Waals surface area (Å²) in [5.74, 6) is -1.67. The number of aromatic nitrogens is 2. The van der Waals surface area contributed by atoms with Crippen LogP contribution in [0.15, 0.2) is 34.9 Å². The maximum Gasteiger partial charge on any atom is 0.303 e. The lowest BCUT2D eigenvalue weighted by molar-refractivity contribution is -0.137. The summed E-state index contributed by atoms with van der Waals surface area (Å²) in [5, 5.41) is 15.9. The first-order valence-electron chi connectivity index (χ1n) is 8.40. The molecule has 0 saturated heterocycles. The van der Waals surface area contributed by atoms with Crippen LogP contribution in [0.1, 0.15) is 35.8 Å². The van der Waals surface area contributed by atoms with Gasteiger partial charge in [0.2, 0.25) is 0 Å². The van der Waals surface area contributed by atoms with Gasteiger partial charge in [-0.15, -0.1) is 0 Å². The number of hydrogen-bond acceptors (Lipinski definition) is 5. The van der Waals surface area contributed by atoms with Crippen LogP contribution in [0.2, 0.25) is 0 Å². The summed E-state index contributed by atoms with van der Waals surface area (Å²) in [6.07, 6.45) is 0.267. The molecule has 8 heteroatoms. The van der Waals surface area contributed by atoms with E-state index in [0.717, 1.165) is 0 Å². The summed E-state index contributed by atoms with van der Waals surface area (Å²) >= 11 is 0. The Kier molecular flexibility index (Phi) is 5.16. The summed E-state index contributed by atoms with van der Waals surface area (Å²) in [5.41, 5.74) is 2.12. The Morgan fingerprint density at radius 3 is 2.67 bits per heavy atom. The molecule has 1 atom stereocenters. The molecule has 0 aliphatic heterocycles. The predicted molar refractivity (Wildman–Crippen MR) is 95.7 cm³/mol. The van der Waals surface area contributed by atoms with Crippen molar-refractivity contribution in [2.24, 2.45) is 0 Å². The lowest BCUT2D eigenvalue weighted by atomic mass is 10.0. The Hall–Kier alpha value is -3.29. The number of benzene rings is 1. The van der Waals surface area contributed by atoms with Crippen LogP contribution in [0.4, 0.5) is 4.39 Å². The Bertz CT molecular complexity index is 998. The fourth-order valence-electron chi connectivity index (χ4n) is 2.76. The van der Waals surface area contributed by atoms with Crippen molar-refractivity contribution >= 4 is 23.0 Å². The zero-order valence-corrected chi connectivity index (χ0v) is 14.8. The van der Waals surface area contributed by atoms with Crippen molar-refractivity contribution < 1.29 is 23.6 Å². The third-order valence-electron chi connectivity index (χ3n) is 4.17. The second-order valence-corrected chi connectivity index (χ2v) is 6.32. The van der Waals surface area contributed by atoms with Crippen LogP contribution >= 0.6 is 0 Å². The fraction of sp³-hybridized carbons (Fsp3) is 0.263. The molecule has 1 unspecified atom stereocenters. The van der Waals surface area contributed by atoms with E-state index in [9.17, 15) is 14.0 Å². The molecular weight excluding hydrogens is 353 g/mol. The Balaban J connectivity index is 1.97. The molecule has 0 aliphatic carbocycles. The Labute approximate surface area is 154 Å². The number of aliphatic carboxylic acids is 1. The zero-order valence-electron chi connectivity index (χ0n) is 14.8. The van der Waals surface area contributed by atoms with Gasteiger partial charge in [-0.05, 0) is 50.6 Å². The van der Waals surface area contributed by atoms with Crippen molar-refractivity contribution in [3.63, 3.8) is 0 Å². The monoisotopic (exact) mass is 371 g/mol. The molecule has 0 aliphatic rings. The van der Waals surface area contributed by atoms with Crippen molar-refractivity contribution in [2.45, 2.75) is 32.7 Å². The largest absolute Gasteiger partial charge is 0.481 e. The third-order valence-corrected chi connectivity index (χ3v) is 4.17. The summed E-state index contributed by atoms with van der Waals surface area (Å²) in [7, 11) is 0. The molecule has 3 rings (SSSR count). The van der Waals surface area contributed by atoms with E-state index in [-0.39, 0.29) is 29.9 Å². The first kappa shape index (κ1) is 18.5. The normalized spacial score (nSPS) is 12.1. The number of carboxylic acid groups (broad SMARTS) is 1. The average Bonchev–Trinajstić information content (AvgIpc) is 3.01. The van der Waals surface area contributed by atoms with Crippen LogP contribution in [-0.2, 0) is 4.79 Å². The van der Waals surface area contributed by atoms with E-state index in [0.29, 0.717) is 34.3 Å². The van der Waals surface area contributed by atoms with Crippen LogP contribution in [0.5, 0.6) is 0 Å². The van der Waals surface area contributed by atoms with Gasteiger partial charge >= 0.3 is 5.97 Å². The number of rotatable bonds is 6. The molecule has 0 saturated carbocycles. The van der Waals surface area contributed by atoms with Gasteiger partial charge in [0.05, 0.1) is 22.3 Å². The van der Waals surface area contributed by atoms with Crippen molar-refractivity contribution in [3.8, 4) is 11.3 Å². The van der Waals surface area contributed by atoms with Gasteiger partial charge in [0.15, 0.2) is 0 Å². The molecule has 140 valence electrons. The number of carbonyl (C=O) groups excluding carboxylic acids is 1. The highest BCUT2D eigenvalue weighted by Crippen LogP contribution is 2.27. The number of pyridine rings is 1. The molecule has 1 amide bonds. The lowest BCUT2D eigenvalue weighted by Gasteiger charge is -2.14. The Morgan fingerprint density at radius 1 is 1.30 bits per heavy atom. The van der Waals surface area contributed by atoms with Gasteiger partial charge in [0.1, 0.15) is 5.82 Å². The molecule has 2 heterocycles. The molecule has 0 radical (unpaired) electrons. The maximum atomic E-state index is 13.2. The first-order valence-corrected chi connectivity index (χ1v) is 8.40. The van der Waals surface area contributed by atoms with E-state index >= 15 is 0 Å². The molecule has 1 aromatic carbocycles. The molecular formula is C19H18FN3O4. The molecule has 27 heavy (non-hydrogen) atoms. The van der Waals surface area contributed by atoms with Crippen molar-refractivity contribution in [3.05, 3.63) is 47.4 Å². The number of aryl methyl sites for hydroxylation is 1. The maximum absolute atomic E-state index is 13.2. The summed E-state index contributed by atoms with van der Waals surface area (Å²) in [6, 6.07) is 7.00. The van der Waals surface area contributed by atoms with E-state index in [1.165, 1.54) is 12.1 Å². The van der Waals surface area contributed by atoms with E-state index in [1.54, 1.807) is 32.0 Å². The molecule has 0 spiro atoms. The molecule has 0 bridgehead atoms. The van der Waals surface area contributed by atoms with Gasteiger partial charge in [0, 0.05) is 18.0 Å². The summed E-state index contributed by atoms with van der Waals surface area (Å²) < 4.78 is 18.4. The zero-order chi connectivity index (χ0) is 19.6. The fourth-order valence-corrected chi connectivity index (χ4v) is 2.76. The minimum atomic E-state index is -0.920. The minimum absolute atomic E-state index is 0.0413. The first-order chi connectivity index (χ1) is 12.8. The Morgan fingerprint density at radius 2 is 2.00 bits per heavy atom. The number of halogens is 1. The lowest BCUT2D eigenvalue weighted by Crippen LogP contribution is -2.33. The van der Waals surface area contributed by atoms with E-state index < -0.39 is 5.97 Å². The number of carbonyl (C=O) groups is 2. The highest BCUT2D eigenvalue weighted by molar-refractivity contribution is 6.07. The van der Waals surface area contributed by atoms with Crippen molar-refractivity contribution in [1.29, 1.82) is 0 Å². The highest BCUT2D eigenvalue weighted by Gasteiger charge is 2.20. The minimum Gasteiger partial charge on any atom is -0.481 e. The average molecular weight is 371 g/mol. The summed E-state index contributed by atoms with van der Waals surface area (Å²) in [6.45, 7) is 3.44. The van der Waals surface area contributed by atoms with Crippen LogP contribution in [0.3, 0.4) is 0 Å². The van der Waals surface area contributed by atoms with E-state index in [4.69, 9.17) is 9.63 Å². The quantitative estimate of drug-likeness (QED) is 0.689. The predicted octanol–water partition coefficient (Wildman–Crippen LogP) is 3.32. The number of fused-ring (bicyclic) bond motifs is 1. The molecule has 0 fully saturated rings. The molecule has 3 aromatic rings. The van der Waals surface area contributed by atoms with E-state index in [2.05, 4.69) is 15.5 Å². The van der Waals surface area contributed by atoms with Gasteiger partial charge in [0.25, 0.3) is 11.6 Å². The number of carboxylic acids is 1. The number of hydrogen-bond donors (Lipinski definition) is 2. The van der Waals surface area contributed by atoms with Crippen LogP contribution < -0.4 is 5.32 Å². The highest BCUT2D eigenvalue weighted by atomic mass is 19.1. The molecule has 2 N–H and O–H groups in total. The van der Waals surface area contributed by atoms with Gasteiger partial charge in [-0.1, -0.05) is 5.16 Å². The number of amides is 1. The topological polar surface area (TPSA) is 105 Å². The van der Waals surface area contributed by atoms with Crippen LogP contribution in [0, 0.1) is 12.7 Å². The number of nitrogens with one attached hydrogen (secondary N) is 1. The van der Waals surface area contributed by atoms with Crippen LogP contribution in [0.25, 0.3) is 22.4 Å². The molecule has 2 aromatic heterocycles. The number of nitrogens with zero attached hydrogens (tertiary/aromatic N) is 2. The molecule has 7 nitrogen and oxygen atoms in total. The van der Waals surface area contributed by atoms with E-state index in [1.807, 2.05) is 0 Å². The van der Waals surface area contributed by atoms with Crippen LogP contribution in [-0.4, -0.2) is 33.2 Å². The smallest absolute Gasteiger partial charge is 0.303 e. The second kappa shape index (κ2) is 7.53. The van der Waals surface area contributed by atoms with Crippen molar-refractivity contribution in [1.82, 2.24) is 15.5 Å². The SMILES string of the molecule is Cc1noc2nc(-c3ccc(F)cc3)cc(C(=O)NC(C)CCC(=O)O)c12. The third kappa shape index (κ3) is 4.11. The van der Waals surface area contributed by atoms with Gasteiger partial charge in [-0.3, -0.25) is 9.59 Å². The van der Waals surface area contributed by atoms with Crippen molar-refractivity contribution in [2.75, 3.05) is 0 Å².